The van der Waals surface area contributed by atoms with Gasteiger partial charge in [0.25, 0.3) is 5.91 Å². The highest BCUT2D eigenvalue weighted by Crippen LogP contribution is 2.27. The fourth-order valence-electron chi connectivity index (χ4n) is 2.82. The van der Waals surface area contributed by atoms with E-state index in [0.717, 1.165) is 21.5 Å². The van der Waals surface area contributed by atoms with Crippen LogP contribution in [0.4, 0.5) is 5.69 Å². The smallest absolute Gasteiger partial charge is 0.262 e. The number of nitrogens with zero attached hydrogens (tertiary/aromatic N) is 2. The highest BCUT2D eigenvalue weighted by atomic mass is 32.1. The molecule has 0 saturated heterocycles. The zero-order valence-corrected chi connectivity index (χ0v) is 16.4. The van der Waals surface area contributed by atoms with Gasteiger partial charge in [-0.3, -0.25) is 14.3 Å². The molecule has 0 aliphatic rings. The van der Waals surface area contributed by atoms with Crippen LogP contribution in [-0.4, -0.2) is 34.2 Å². The summed E-state index contributed by atoms with van der Waals surface area (Å²) in [6.45, 7) is 4.08. The molecular weight excluding hydrogens is 362 g/mol. The Morgan fingerprint density at radius 1 is 1.30 bits per heavy atom. The molecule has 0 bridgehead atoms. The molecular formula is C19H23N5O2S. The van der Waals surface area contributed by atoms with Crippen LogP contribution >= 0.6 is 11.3 Å². The Labute approximate surface area is 161 Å². The highest BCUT2D eigenvalue weighted by molar-refractivity contribution is 7.20. The summed E-state index contributed by atoms with van der Waals surface area (Å²) in [6, 6.07) is 8.75. The molecule has 0 aliphatic carbocycles. The molecule has 1 atom stereocenters. The largest absolute Gasteiger partial charge is 0.399 e. The van der Waals surface area contributed by atoms with Crippen LogP contribution in [-0.2, 0) is 18.3 Å². The first-order chi connectivity index (χ1) is 12.8. The van der Waals surface area contributed by atoms with Gasteiger partial charge in [0.15, 0.2) is 0 Å². The summed E-state index contributed by atoms with van der Waals surface area (Å²) >= 11 is 1.37. The topological polar surface area (TPSA) is 102 Å². The molecule has 1 unspecified atom stereocenters. The van der Waals surface area contributed by atoms with Crippen molar-refractivity contribution in [3.05, 3.63) is 46.5 Å². The molecule has 3 rings (SSSR count). The van der Waals surface area contributed by atoms with E-state index in [4.69, 9.17) is 5.73 Å². The van der Waals surface area contributed by atoms with E-state index in [9.17, 15) is 9.59 Å². The average Bonchev–Trinajstić information content (AvgIpc) is 3.18. The maximum Gasteiger partial charge on any atom is 0.262 e. The van der Waals surface area contributed by atoms with Crippen LogP contribution in [0.15, 0.2) is 30.3 Å². The number of nitrogens with one attached hydrogen (secondary N) is 2. The van der Waals surface area contributed by atoms with E-state index in [1.54, 1.807) is 11.6 Å². The number of carbonyl (C=O) groups excluding carboxylic acids is 2. The molecule has 7 nitrogen and oxygen atoms in total. The second-order valence-corrected chi connectivity index (χ2v) is 7.55. The molecule has 8 heteroatoms. The Balaban J connectivity index is 1.52. The molecule has 0 fully saturated rings. The summed E-state index contributed by atoms with van der Waals surface area (Å²) in [5.41, 5.74) is 8.35. The Morgan fingerprint density at radius 3 is 2.67 bits per heavy atom. The zero-order chi connectivity index (χ0) is 19.6. The van der Waals surface area contributed by atoms with E-state index in [1.807, 2.05) is 44.3 Å². The second kappa shape index (κ2) is 7.79. The number of nitrogen functional groups attached to an aromatic ring is 1. The number of benzene rings is 1. The third-order valence-electron chi connectivity index (χ3n) is 4.35. The first-order valence-electron chi connectivity index (χ1n) is 8.71. The number of anilines is 1. The molecule has 0 aliphatic heterocycles. The number of thiophene rings is 1. The van der Waals surface area contributed by atoms with Crippen LogP contribution < -0.4 is 16.4 Å². The van der Waals surface area contributed by atoms with Crippen LogP contribution in [0.25, 0.3) is 10.2 Å². The van der Waals surface area contributed by atoms with Gasteiger partial charge in [-0.05, 0) is 44.0 Å². The predicted octanol–water partition coefficient (Wildman–Crippen LogP) is 2.00. The minimum atomic E-state index is -0.617. The van der Waals surface area contributed by atoms with Crippen molar-refractivity contribution in [1.82, 2.24) is 20.4 Å². The third kappa shape index (κ3) is 4.28. The minimum absolute atomic E-state index is 0.210. The summed E-state index contributed by atoms with van der Waals surface area (Å²) < 4.78 is 1.76. The van der Waals surface area contributed by atoms with Crippen LogP contribution in [0.5, 0.6) is 0 Å². The lowest BCUT2D eigenvalue weighted by Crippen LogP contribution is -2.45. The molecule has 0 radical (unpaired) electrons. The maximum absolute atomic E-state index is 12.5. The Hall–Kier alpha value is -2.87. The molecule has 3 aromatic rings. The molecule has 2 heterocycles. The van der Waals surface area contributed by atoms with E-state index in [2.05, 4.69) is 15.7 Å². The van der Waals surface area contributed by atoms with Gasteiger partial charge in [0.2, 0.25) is 5.91 Å². The molecule has 2 amide bonds. The van der Waals surface area contributed by atoms with Crippen molar-refractivity contribution < 1.29 is 9.59 Å². The van der Waals surface area contributed by atoms with Crippen molar-refractivity contribution in [2.45, 2.75) is 26.3 Å². The molecule has 4 N–H and O–H groups in total. The molecule has 1 aromatic carbocycles. The van der Waals surface area contributed by atoms with Gasteiger partial charge in [-0.15, -0.1) is 11.3 Å². The average molecular weight is 385 g/mol. The van der Waals surface area contributed by atoms with Crippen LogP contribution in [0.3, 0.4) is 0 Å². The lowest BCUT2D eigenvalue weighted by molar-refractivity contribution is -0.122. The van der Waals surface area contributed by atoms with E-state index in [0.29, 0.717) is 23.5 Å². The van der Waals surface area contributed by atoms with Gasteiger partial charge in [0, 0.05) is 24.7 Å². The first-order valence-corrected chi connectivity index (χ1v) is 9.53. The Bertz CT molecular complexity index is 940. The quantitative estimate of drug-likeness (QED) is 0.565. The molecule has 2 aromatic heterocycles. The number of fused-ring (bicyclic) bond motifs is 1. The van der Waals surface area contributed by atoms with Crippen LogP contribution in [0.2, 0.25) is 0 Å². The number of amides is 2. The van der Waals surface area contributed by atoms with E-state index < -0.39 is 6.04 Å². The summed E-state index contributed by atoms with van der Waals surface area (Å²) in [7, 11) is 1.85. The number of carbonyl (C=O) groups is 2. The van der Waals surface area contributed by atoms with Crippen LogP contribution in [0, 0.1) is 6.92 Å². The second-order valence-electron chi connectivity index (χ2n) is 6.52. The van der Waals surface area contributed by atoms with E-state index >= 15 is 0 Å². The van der Waals surface area contributed by atoms with Crippen molar-refractivity contribution in [1.29, 1.82) is 0 Å². The number of nitrogens with two attached hydrogens (primary N) is 1. The van der Waals surface area contributed by atoms with Crippen molar-refractivity contribution >= 4 is 39.1 Å². The number of aryl methyl sites for hydroxylation is 2. The molecule has 27 heavy (non-hydrogen) atoms. The van der Waals surface area contributed by atoms with Gasteiger partial charge >= 0.3 is 0 Å². The molecule has 0 spiro atoms. The van der Waals surface area contributed by atoms with Crippen molar-refractivity contribution in [3.63, 3.8) is 0 Å². The van der Waals surface area contributed by atoms with Gasteiger partial charge in [-0.25, -0.2) is 0 Å². The monoisotopic (exact) mass is 385 g/mol. The van der Waals surface area contributed by atoms with Crippen LogP contribution in [0.1, 0.15) is 27.9 Å². The maximum atomic E-state index is 12.5. The Morgan fingerprint density at radius 2 is 2.00 bits per heavy atom. The van der Waals surface area contributed by atoms with Gasteiger partial charge in [-0.2, -0.15) is 5.10 Å². The van der Waals surface area contributed by atoms with Crippen molar-refractivity contribution in [2.24, 2.45) is 7.05 Å². The van der Waals surface area contributed by atoms with Crippen molar-refractivity contribution in [3.8, 4) is 0 Å². The standard InChI is InChI=1S/C19H23N5O2S/c1-11-15-10-16(27-19(15)24(3)23-11)18(26)22-12(2)17(25)21-9-8-13-4-6-14(20)7-5-13/h4-7,10,12H,8-9,20H2,1-3H3,(H,21,25)(H,22,26). The lowest BCUT2D eigenvalue weighted by Gasteiger charge is -2.13. The predicted molar refractivity (Wildman–Crippen MR) is 108 cm³/mol. The fraction of sp³-hybridized carbons (Fsp3) is 0.316. The summed E-state index contributed by atoms with van der Waals surface area (Å²) in [4.78, 5) is 26.2. The molecule has 0 saturated carbocycles. The number of aromatic nitrogens is 2. The SMILES string of the molecule is Cc1nn(C)c2sc(C(=O)NC(C)C(=O)NCCc3ccc(N)cc3)cc12. The summed E-state index contributed by atoms with van der Waals surface area (Å²) in [5, 5.41) is 10.9. The Kier molecular flexibility index (Phi) is 5.46. The van der Waals surface area contributed by atoms with E-state index in [-0.39, 0.29) is 11.8 Å². The first kappa shape index (κ1) is 18.9. The highest BCUT2D eigenvalue weighted by Gasteiger charge is 2.19. The molecule has 142 valence electrons. The third-order valence-corrected chi connectivity index (χ3v) is 5.55. The van der Waals surface area contributed by atoms with E-state index in [1.165, 1.54) is 11.3 Å². The van der Waals surface area contributed by atoms with Gasteiger partial charge in [0.1, 0.15) is 10.9 Å². The number of hydrogen-bond donors (Lipinski definition) is 3. The number of hydrogen-bond acceptors (Lipinski definition) is 5. The van der Waals surface area contributed by atoms with Gasteiger partial charge < -0.3 is 16.4 Å². The lowest BCUT2D eigenvalue weighted by atomic mass is 10.1. The zero-order valence-electron chi connectivity index (χ0n) is 15.6. The summed E-state index contributed by atoms with van der Waals surface area (Å²) in [5.74, 6) is -0.463. The normalized spacial score (nSPS) is 12.1. The minimum Gasteiger partial charge on any atom is -0.399 e. The number of rotatable bonds is 6. The van der Waals surface area contributed by atoms with Gasteiger partial charge in [-0.1, -0.05) is 12.1 Å². The summed E-state index contributed by atoms with van der Waals surface area (Å²) in [6.07, 6.45) is 0.704. The fourth-order valence-corrected chi connectivity index (χ4v) is 3.84. The van der Waals surface area contributed by atoms with Crippen molar-refractivity contribution in [2.75, 3.05) is 12.3 Å². The van der Waals surface area contributed by atoms with Gasteiger partial charge in [0.05, 0.1) is 10.6 Å².